The molecule has 0 saturated carbocycles. The van der Waals surface area contributed by atoms with Gasteiger partial charge in [-0.05, 0) is 0 Å². The molecule has 0 N–H and O–H groups in total. The Bertz CT molecular complexity index is 656. The van der Waals surface area contributed by atoms with E-state index in [1.165, 1.54) is 20.3 Å². The van der Waals surface area contributed by atoms with Crippen LogP contribution < -0.4 is 0 Å². The van der Waals surface area contributed by atoms with Gasteiger partial charge in [0.25, 0.3) is 0 Å². The number of rotatable bonds is 4. The van der Waals surface area contributed by atoms with Gasteiger partial charge in [0.05, 0.1) is 11.9 Å². The van der Waals surface area contributed by atoms with Gasteiger partial charge < -0.3 is 0 Å². The van der Waals surface area contributed by atoms with E-state index in [1.807, 2.05) is 30.3 Å². The second kappa shape index (κ2) is 5.41. The Kier molecular flexibility index (Phi) is 3.87. The van der Waals surface area contributed by atoms with Gasteiger partial charge >= 0.3 is 0 Å². The number of hydrogen-bond donors (Lipinski definition) is 0. The Hall–Kier alpha value is -1.86. The monoisotopic (exact) mass is 278 g/mol. The van der Waals surface area contributed by atoms with Crippen LogP contribution in [0.1, 0.15) is 5.82 Å². The number of benzene rings is 1. The van der Waals surface area contributed by atoms with Crippen molar-refractivity contribution in [1.29, 1.82) is 0 Å². The molecule has 1 heterocycles. The van der Waals surface area contributed by atoms with Crippen molar-refractivity contribution in [2.75, 3.05) is 14.1 Å². The van der Waals surface area contributed by atoms with Crippen molar-refractivity contribution in [2.45, 2.75) is 5.75 Å². The summed E-state index contributed by atoms with van der Waals surface area (Å²) in [6.45, 7) is 0. The second-order valence-corrected chi connectivity index (χ2v) is 6.35. The predicted octanol–water partition coefficient (Wildman–Crippen LogP) is 0.930. The lowest BCUT2D eigenvalue weighted by Gasteiger charge is -2.10. The molecule has 2 rings (SSSR count). The molecule has 0 unspecified atom stereocenters. The van der Waals surface area contributed by atoms with E-state index in [-0.39, 0.29) is 11.6 Å². The van der Waals surface area contributed by atoms with E-state index in [9.17, 15) is 8.42 Å². The van der Waals surface area contributed by atoms with Crippen LogP contribution in [0.25, 0.3) is 11.3 Å². The third-order valence-corrected chi connectivity index (χ3v) is 4.28. The SMILES string of the molecule is CN(C)S(=O)(=O)Cc1nncc(-c2ccccc2)n1. The maximum Gasteiger partial charge on any atom is 0.221 e. The van der Waals surface area contributed by atoms with Gasteiger partial charge in [0.2, 0.25) is 10.0 Å². The lowest BCUT2D eigenvalue weighted by Crippen LogP contribution is -2.24. The highest BCUT2D eigenvalue weighted by molar-refractivity contribution is 7.88. The summed E-state index contributed by atoms with van der Waals surface area (Å²) in [5, 5.41) is 7.57. The molecule has 0 atom stereocenters. The van der Waals surface area contributed by atoms with Crippen LogP contribution in [0.4, 0.5) is 0 Å². The molecule has 0 fully saturated rings. The van der Waals surface area contributed by atoms with E-state index in [2.05, 4.69) is 15.2 Å². The smallest absolute Gasteiger partial charge is 0.221 e. The van der Waals surface area contributed by atoms with Crippen LogP contribution in [0.3, 0.4) is 0 Å². The maximum absolute atomic E-state index is 11.8. The standard InChI is InChI=1S/C12H14N4O2S/c1-16(2)19(17,18)9-12-14-11(8-13-15-12)10-6-4-3-5-7-10/h3-8H,9H2,1-2H3. The molecule has 1 aromatic heterocycles. The Morgan fingerprint density at radius 3 is 2.47 bits per heavy atom. The Morgan fingerprint density at radius 2 is 1.84 bits per heavy atom. The van der Waals surface area contributed by atoms with Gasteiger partial charge in [-0.3, -0.25) is 0 Å². The van der Waals surface area contributed by atoms with Gasteiger partial charge in [-0.15, -0.1) is 5.10 Å². The molecule has 0 bridgehead atoms. The zero-order valence-corrected chi connectivity index (χ0v) is 11.5. The van der Waals surface area contributed by atoms with E-state index >= 15 is 0 Å². The molecule has 0 aliphatic carbocycles. The van der Waals surface area contributed by atoms with Crippen LogP contribution in [-0.2, 0) is 15.8 Å². The van der Waals surface area contributed by atoms with Crippen molar-refractivity contribution in [3.63, 3.8) is 0 Å². The van der Waals surface area contributed by atoms with Crippen molar-refractivity contribution in [3.8, 4) is 11.3 Å². The highest BCUT2D eigenvalue weighted by Crippen LogP contribution is 2.15. The first kappa shape index (κ1) is 13.6. The van der Waals surface area contributed by atoms with Crippen LogP contribution in [0.15, 0.2) is 36.5 Å². The molecule has 0 radical (unpaired) electrons. The summed E-state index contributed by atoms with van der Waals surface area (Å²) in [6.07, 6.45) is 1.51. The average molecular weight is 278 g/mol. The third-order valence-electron chi connectivity index (χ3n) is 2.54. The highest BCUT2D eigenvalue weighted by atomic mass is 32.2. The molecule has 7 heteroatoms. The van der Waals surface area contributed by atoms with E-state index in [1.54, 1.807) is 0 Å². The van der Waals surface area contributed by atoms with Gasteiger partial charge in [0.15, 0.2) is 5.82 Å². The Labute approximate surface area is 112 Å². The molecule has 100 valence electrons. The first-order chi connectivity index (χ1) is 8.99. The summed E-state index contributed by atoms with van der Waals surface area (Å²) in [5.41, 5.74) is 1.49. The minimum atomic E-state index is -3.38. The summed E-state index contributed by atoms with van der Waals surface area (Å²) in [5.74, 6) is -0.0664. The maximum atomic E-state index is 11.8. The Balaban J connectivity index is 2.31. The van der Waals surface area contributed by atoms with Crippen LogP contribution in [0.2, 0.25) is 0 Å². The molecule has 1 aromatic carbocycles. The summed E-state index contributed by atoms with van der Waals surface area (Å²) >= 11 is 0. The zero-order valence-electron chi connectivity index (χ0n) is 10.7. The lowest BCUT2D eigenvalue weighted by atomic mass is 10.2. The first-order valence-electron chi connectivity index (χ1n) is 5.63. The summed E-state index contributed by atoms with van der Waals surface area (Å²) in [4.78, 5) is 4.23. The molecule has 0 spiro atoms. The first-order valence-corrected chi connectivity index (χ1v) is 7.24. The van der Waals surface area contributed by atoms with Crippen molar-refractivity contribution in [2.24, 2.45) is 0 Å². The van der Waals surface area contributed by atoms with Gasteiger partial charge in [-0.1, -0.05) is 30.3 Å². The summed E-state index contributed by atoms with van der Waals surface area (Å²) in [7, 11) is -0.430. The molecule has 6 nitrogen and oxygen atoms in total. The molecule has 0 aliphatic heterocycles. The van der Waals surface area contributed by atoms with Crippen LogP contribution in [0, 0.1) is 0 Å². The van der Waals surface area contributed by atoms with Gasteiger partial charge in [0, 0.05) is 19.7 Å². The molecule has 0 aliphatic rings. The van der Waals surface area contributed by atoms with Crippen LogP contribution in [-0.4, -0.2) is 42.0 Å². The zero-order chi connectivity index (χ0) is 13.9. The molecular weight excluding hydrogens is 264 g/mol. The van der Waals surface area contributed by atoms with Crippen molar-refractivity contribution >= 4 is 10.0 Å². The summed E-state index contributed by atoms with van der Waals surface area (Å²) < 4.78 is 24.7. The van der Waals surface area contributed by atoms with E-state index < -0.39 is 10.0 Å². The fourth-order valence-electron chi connectivity index (χ4n) is 1.44. The number of nitrogens with zero attached hydrogens (tertiary/aromatic N) is 4. The number of sulfonamides is 1. The topological polar surface area (TPSA) is 76.1 Å². The molecule has 19 heavy (non-hydrogen) atoms. The average Bonchev–Trinajstić information content (AvgIpc) is 2.39. The van der Waals surface area contributed by atoms with Gasteiger partial charge in [-0.2, -0.15) is 5.10 Å². The molecule has 0 saturated heterocycles. The second-order valence-electron chi connectivity index (χ2n) is 4.16. The van der Waals surface area contributed by atoms with Crippen molar-refractivity contribution < 1.29 is 8.42 Å². The van der Waals surface area contributed by atoms with Gasteiger partial charge in [0.1, 0.15) is 5.75 Å². The van der Waals surface area contributed by atoms with Gasteiger partial charge in [-0.25, -0.2) is 17.7 Å². The minimum Gasteiger partial charge on any atom is -0.228 e. The number of hydrogen-bond acceptors (Lipinski definition) is 5. The normalized spacial score (nSPS) is 11.7. The fraction of sp³-hybridized carbons (Fsp3) is 0.250. The molecule has 2 aromatic rings. The van der Waals surface area contributed by atoms with Crippen LogP contribution >= 0.6 is 0 Å². The van der Waals surface area contributed by atoms with E-state index in [0.29, 0.717) is 5.69 Å². The molecular formula is C12H14N4O2S. The van der Waals surface area contributed by atoms with E-state index in [0.717, 1.165) is 9.87 Å². The predicted molar refractivity (Wildman–Crippen MR) is 71.6 cm³/mol. The molecule has 0 amide bonds. The minimum absolute atomic E-state index is 0.190. The number of aromatic nitrogens is 3. The Morgan fingerprint density at radius 1 is 1.16 bits per heavy atom. The van der Waals surface area contributed by atoms with Crippen LogP contribution in [0.5, 0.6) is 0 Å². The summed E-state index contributed by atoms with van der Waals surface area (Å²) in [6, 6.07) is 9.43. The van der Waals surface area contributed by atoms with Crippen molar-refractivity contribution in [1.82, 2.24) is 19.5 Å². The van der Waals surface area contributed by atoms with Crippen molar-refractivity contribution in [3.05, 3.63) is 42.4 Å². The van der Waals surface area contributed by atoms with E-state index in [4.69, 9.17) is 0 Å². The lowest BCUT2D eigenvalue weighted by molar-refractivity contribution is 0.518. The highest BCUT2D eigenvalue weighted by Gasteiger charge is 2.17. The fourth-order valence-corrected chi connectivity index (χ4v) is 2.15. The third kappa shape index (κ3) is 3.33. The largest absolute Gasteiger partial charge is 0.228 e. The quantitative estimate of drug-likeness (QED) is 0.831.